The van der Waals surface area contributed by atoms with E-state index in [1.165, 1.54) is 128 Å². The fourth-order valence-electron chi connectivity index (χ4n) is 6.15. The molecule has 0 aliphatic carbocycles. The first-order chi connectivity index (χ1) is 26.6. The van der Waals surface area contributed by atoms with Crippen LogP contribution in [0.2, 0.25) is 0 Å². The molecule has 0 saturated carbocycles. The van der Waals surface area contributed by atoms with Crippen molar-refractivity contribution in [2.45, 2.75) is 213 Å². The first-order valence-corrected chi connectivity index (χ1v) is 22.5. The maximum absolute atomic E-state index is 12.1. The van der Waals surface area contributed by atoms with Crippen molar-refractivity contribution in [2.75, 3.05) is 13.2 Å². The van der Waals surface area contributed by atoms with Gasteiger partial charge in [-0.15, -0.1) is 0 Å². The molecule has 5 heteroatoms. The van der Waals surface area contributed by atoms with E-state index in [1.807, 2.05) is 6.08 Å². The molecule has 0 aliphatic rings. The van der Waals surface area contributed by atoms with Gasteiger partial charge in [0, 0.05) is 6.42 Å². The van der Waals surface area contributed by atoms with Crippen molar-refractivity contribution >= 4 is 11.9 Å². The Morgan fingerprint density at radius 1 is 0.463 bits per heavy atom. The van der Waals surface area contributed by atoms with E-state index in [2.05, 4.69) is 74.6 Å². The number of ether oxygens (including phenoxy) is 2. The number of carbonyl (C=O) groups excluding carboxylic acids is 2. The van der Waals surface area contributed by atoms with Gasteiger partial charge in [-0.25, -0.2) is 0 Å². The van der Waals surface area contributed by atoms with Crippen molar-refractivity contribution in [3.63, 3.8) is 0 Å². The smallest absolute Gasteiger partial charge is 0.310 e. The van der Waals surface area contributed by atoms with Crippen LogP contribution in [0.1, 0.15) is 206 Å². The summed E-state index contributed by atoms with van der Waals surface area (Å²) < 4.78 is 10.5. The molecule has 1 unspecified atom stereocenters. The van der Waals surface area contributed by atoms with Crippen LogP contribution >= 0.6 is 0 Å². The molecule has 0 bridgehead atoms. The summed E-state index contributed by atoms with van der Waals surface area (Å²) >= 11 is 0. The molecule has 0 amide bonds. The molecule has 0 rings (SSSR count). The summed E-state index contributed by atoms with van der Waals surface area (Å²) in [7, 11) is 0. The van der Waals surface area contributed by atoms with Gasteiger partial charge in [-0.05, 0) is 64.2 Å². The third-order valence-electron chi connectivity index (χ3n) is 9.52. The fraction of sp³-hybridized carbons (Fsp3) is 0.714. The van der Waals surface area contributed by atoms with Crippen LogP contribution in [0.4, 0.5) is 0 Å². The second-order valence-corrected chi connectivity index (χ2v) is 14.8. The number of hydrogen-bond donors (Lipinski definition) is 1. The van der Waals surface area contributed by atoms with Gasteiger partial charge in [0.2, 0.25) is 0 Å². The lowest BCUT2D eigenvalue weighted by atomic mass is 10.0. The van der Waals surface area contributed by atoms with Crippen molar-refractivity contribution in [3.8, 4) is 0 Å². The minimum atomic E-state index is -0.828. The number of unbranched alkanes of at least 4 members (excludes halogenated alkanes) is 21. The lowest BCUT2D eigenvalue weighted by Crippen LogP contribution is -2.28. The molecule has 0 spiro atoms. The molecule has 0 aromatic carbocycles. The molecular weight excluding hydrogens is 669 g/mol. The maximum atomic E-state index is 12.1. The third kappa shape index (κ3) is 42.1. The number of esters is 2. The van der Waals surface area contributed by atoms with Gasteiger partial charge < -0.3 is 14.6 Å². The van der Waals surface area contributed by atoms with Gasteiger partial charge in [0.25, 0.3) is 0 Å². The zero-order valence-electron chi connectivity index (χ0n) is 35.2. The average Bonchev–Trinajstić information content (AvgIpc) is 3.17. The molecule has 0 radical (unpaired) electrons. The zero-order chi connectivity index (χ0) is 39.3. The number of allylic oxidation sites excluding steroid dienone is 11. The minimum absolute atomic E-state index is 0.108. The van der Waals surface area contributed by atoms with Crippen LogP contribution < -0.4 is 0 Å². The lowest BCUT2D eigenvalue weighted by Gasteiger charge is -2.15. The number of carbonyl (C=O) groups is 2. The highest BCUT2D eigenvalue weighted by Crippen LogP contribution is 2.14. The zero-order valence-corrected chi connectivity index (χ0v) is 35.2. The molecule has 0 fully saturated rings. The largest absolute Gasteiger partial charge is 0.462 e. The average molecular weight is 753 g/mol. The SMILES string of the molecule is CC/C=C\C/C=C\C/C=C\C/C=C\C/C=C\CC(=O)OC(CO)COC(=O)CCCCCCCCCCCCCCC/C=C\CCCCCCCCCC. The lowest BCUT2D eigenvalue weighted by molar-refractivity contribution is -0.160. The molecule has 0 heterocycles. The van der Waals surface area contributed by atoms with Gasteiger partial charge in [-0.1, -0.05) is 202 Å². The monoisotopic (exact) mass is 753 g/mol. The van der Waals surface area contributed by atoms with E-state index in [-0.39, 0.29) is 25.6 Å². The number of rotatable bonds is 40. The Morgan fingerprint density at radius 2 is 0.852 bits per heavy atom. The van der Waals surface area contributed by atoms with Crippen LogP contribution in [0.25, 0.3) is 0 Å². The Bertz CT molecular complexity index is 988. The van der Waals surface area contributed by atoms with E-state index in [9.17, 15) is 14.7 Å². The van der Waals surface area contributed by atoms with E-state index in [4.69, 9.17) is 9.47 Å². The van der Waals surface area contributed by atoms with Gasteiger partial charge in [-0.2, -0.15) is 0 Å². The Morgan fingerprint density at radius 3 is 1.28 bits per heavy atom. The summed E-state index contributed by atoms with van der Waals surface area (Å²) in [5, 5.41) is 9.56. The van der Waals surface area contributed by atoms with Crippen molar-refractivity contribution in [1.29, 1.82) is 0 Å². The van der Waals surface area contributed by atoms with E-state index >= 15 is 0 Å². The molecular formula is C49H84O5. The predicted molar refractivity (Wildman–Crippen MR) is 233 cm³/mol. The fourth-order valence-corrected chi connectivity index (χ4v) is 6.15. The molecule has 5 nitrogen and oxygen atoms in total. The van der Waals surface area contributed by atoms with Crippen molar-refractivity contribution < 1.29 is 24.2 Å². The Kier molecular flexibility index (Phi) is 42.5. The van der Waals surface area contributed by atoms with Gasteiger partial charge in [0.15, 0.2) is 6.10 Å². The molecule has 1 atom stereocenters. The summed E-state index contributed by atoms with van der Waals surface area (Å²) in [4.78, 5) is 24.3. The Labute approximate surface area is 333 Å². The van der Waals surface area contributed by atoms with Crippen molar-refractivity contribution in [1.82, 2.24) is 0 Å². The molecule has 54 heavy (non-hydrogen) atoms. The number of aliphatic hydroxyl groups is 1. The molecule has 0 aliphatic heterocycles. The standard InChI is InChI=1S/C49H84O5/c1-3-5-7-9-11-13-15-17-19-20-21-22-23-24-25-26-27-28-30-31-33-35-37-39-41-43-48(51)53-46-47(45-50)54-49(52)44-42-40-38-36-34-32-29-18-16-14-12-10-8-6-4-2/h6,8,12,14,18,20-21,29,34,36,40,42,47,50H,3-5,7,9-11,13,15-17,19,22-28,30-33,35,37-39,41,43-46H2,1-2H3/b8-6-,14-12-,21-20-,29-18-,36-34-,42-40-. The maximum Gasteiger partial charge on any atom is 0.310 e. The molecule has 1 N–H and O–H groups in total. The summed E-state index contributed by atoms with van der Waals surface area (Å²) in [6, 6.07) is 0. The number of aliphatic hydroxyl groups excluding tert-OH is 1. The second kappa shape index (κ2) is 44.7. The van der Waals surface area contributed by atoms with Crippen LogP contribution in [-0.2, 0) is 19.1 Å². The third-order valence-corrected chi connectivity index (χ3v) is 9.52. The highest BCUT2D eigenvalue weighted by atomic mass is 16.6. The van der Waals surface area contributed by atoms with Crippen LogP contribution in [-0.4, -0.2) is 36.4 Å². The first-order valence-electron chi connectivity index (χ1n) is 22.5. The Hall–Kier alpha value is -2.66. The van der Waals surface area contributed by atoms with Crippen LogP contribution in [0, 0.1) is 0 Å². The van der Waals surface area contributed by atoms with Gasteiger partial charge in [0.1, 0.15) is 6.61 Å². The van der Waals surface area contributed by atoms with Crippen molar-refractivity contribution in [3.05, 3.63) is 72.9 Å². The number of hydrogen-bond acceptors (Lipinski definition) is 5. The summed E-state index contributed by atoms with van der Waals surface area (Å²) in [6.07, 6.45) is 60.1. The van der Waals surface area contributed by atoms with Gasteiger partial charge in [-0.3, -0.25) is 9.59 Å². The summed E-state index contributed by atoms with van der Waals surface area (Å²) in [5.41, 5.74) is 0. The second-order valence-electron chi connectivity index (χ2n) is 14.8. The van der Waals surface area contributed by atoms with Crippen LogP contribution in [0.3, 0.4) is 0 Å². The van der Waals surface area contributed by atoms with E-state index in [1.54, 1.807) is 6.08 Å². The molecule has 0 saturated heterocycles. The molecule has 0 aromatic heterocycles. The summed E-state index contributed by atoms with van der Waals surface area (Å²) in [6.45, 7) is 3.94. The highest BCUT2D eigenvalue weighted by Gasteiger charge is 2.15. The topological polar surface area (TPSA) is 72.8 Å². The summed E-state index contributed by atoms with van der Waals surface area (Å²) in [5.74, 6) is -0.738. The quantitative estimate of drug-likeness (QED) is 0.0383. The van der Waals surface area contributed by atoms with E-state index < -0.39 is 12.1 Å². The normalized spacial score (nSPS) is 12.9. The predicted octanol–water partition coefficient (Wildman–Crippen LogP) is 14.5. The van der Waals surface area contributed by atoms with Gasteiger partial charge in [0.05, 0.1) is 13.0 Å². The van der Waals surface area contributed by atoms with Gasteiger partial charge >= 0.3 is 11.9 Å². The molecule has 310 valence electrons. The van der Waals surface area contributed by atoms with Crippen LogP contribution in [0.5, 0.6) is 0 Å². The van der Waals surface area contributed by atoms with E-state index in [0.29, 0.717) is 6.42 Å². The van der Waals surface area contributed by atoms with Crippen LogP contribution in [0.15, 0.2) is 72.9 Å². The Balaban J connectivity index is 3.58. The van der Waals surface area contributed by atoms with Crippen molar-refractivity contribution in [2.24, 2.45) is 0 Å². The van der Waals surface area contributed by atoms with E-state index in [0.717, 1.165) is 51.4 Å². The highest BCUT2D eigenvalue weighted by molar-refractivity contribution is 5.71. The molecule has 0 aromatic rings. The first kappa shape index (κ1) is 51.3. The minimum Gasteiger partial charge on any atom is -0.462 e.